The van der Waals surface area contributed by atoms with Gasteiger partial charge in [0.1, 0.15) is 11.4 Å². The number of nitrogens with zero attached hydrogens (tertiary/aromatic N) is 6. The molecule has 0 fully saturated rings. The minimum Gasteiger partial charge on any atom is -0.392 e. The van der Waals surface area contributed by atoms with Crippen LogP contribution in [-0.4, -0.2) is 40.9 Å². The summed E-state index contributed by atoms with van der Waals surface area (Å²) >= 11 is 0. The van der Waals surface area contributed by atoms with Gasteiger partial charge in [-0.15, -0.1) is 0 Å². The lowest BCUT2D eigenvalue weighted by Gasteiger charge is -2.06. The van der Waals surface area contributed by atoms with Gasteiger partial charge in [-0.05, 0) is 38.1 Å². The number of carbonyl (C=O) groups is 1. The molecule has 4 heterocycles. The van der Waals surface area contributed by atoms with Crippen molar-refractivity contribution in [2.24, 2.45) is 0 Å². The van der Waals surface area contributed by atoms with Crippen molar-refractivity contribution in [2.45, 2.75) is 32.8 Å². The van der Waals surface area contributed by atoms with Crippen LogP contribution >= 0.6 is 0 Å². The highest BCUT2D eigenvalue weighted by atomic mass is 19.4. The molecule has 0 spiro atoms. The number of aldehydes is 1. The Labute approximate surface area is 199 Å². The van der Waals surface area contributed by atoms with Crippen molar-refractivity contribution in [1.29, 1.82) is 0 Å². The number of hydrogen-bond donors (Lipinski definition) is 1. The molecule has 4 aromatic rings. The lowest BCUT2D eigenvalue weighted by Crippen LogP contribution is -2.08. The molecule has 0 atom stereocenters. The molecule has 0 aliphatic carbocycles. The summed E-state index contributed by atoms with van der Waals surface area (Å²) in [5.74, 6) is 0. The average molecular weight is 512 g/mol. The zero-order valence-electron chi connectivity index (χ0n) is 18.7. The Morgan fingerprint density at radius 3 is 1.61 bits per heavy atom. The van der Waals surface area contributed by atoms with E-state index in [0.717, 1.165) is 24.5 Å². The highest BCUT2D eigenvalue weighted by Crippen LogP contribution is 2.28. The first-order valence-electron chi connectivity index (χ1n) is 10.1. The van der Waals surface area contributed by atoms with Gasteiger partial charge in [-0.25, -0.2) is 19.3 Å². The Morgan fingerprint density at radius 2 is 1.28 bits per heavy atom. The van der Waals surface area contributed by atoms with E-state index >= 15 is 0 Å². The van der Waals surface area contributed by atoms with E-state index in [-0.39, 0.29) is 6.61 Å². The van der Waals surface area contributed by atoms with E-state index in [0.29, 0.717) is 40.2 Å². The molecule has 8 nitrogen and oxygen atoms in total. The van der Waals surface area contributed by atoms with Crippen molar-refractivity contribution >= 4 is 6.29 Å². The Balaban J connectivity index is 0.000000201. The fourth-order valence-electron chi connectivity index (χ4n) is 2.88. The van der Waals surface area contributed by atoms with Gasteiger partial charge >= 0.3 is 12.4 Å². The molecule has 0 amide bonds. The molecule has 0 saturated carbocycles. The molecular formula is C22H18F6N6O2. The maximum Gasteiger partial charge on any atom is 0.433 e. The summed E-state index contributed by atoms with van der Waals surface area (Å²) in [5.41, 5.74) is 0.986. The molecule has 0 aliphatic rings. The maximum atomic E-state index is 12.3. The summed E-state index contributed by atoms with van der Waals surface area (Å²) in [5, 5.41) is 17.1. The molecule has 0 unspecified atom stereocenters. The monoisotopic (exact) mass is 512 g/mol. The second-order valence-corrected chi connectivity index (χ2v) is 7.37. The molecule has 4 rings (SSSR count). The summed E-state index contributed by atoms with van der Waals surface area (Å²) in [6.07, 6.45) is -3.13. The molecule has 4 aromatic heterocycles. The first-order valence-corrected chi connectivity index (χ1v) is 10.1. The summed E-state index contributed by atoms with van der Waals surface area (Å²) in [7, 11) is 0. The fourth-order valence-corrected chi connectivity index (χ4v) is 2.88. The number of aliphatic hydroxyl groups is 1. The number of aliphatic hydroxyl groups excluding tert-OH is 1. The van der Waals surface area contributed by atoms with Gasteiger partial charge in [0.15, 0.2) is 6.29 Å². The fraction of sp³-hybridized carbons (Fsp3) is 0.227. The van der Waals surface area contributed by atoms with Gasteiger partial charge in [0, 0.05) is 18.0 Å². The zero-order chi connectivity index (χ0) is 26.7. The van der Waals surface area contributed by atoms with Gasteiger partial charge in [0.05, 0.1) is 47.3 Å². The van der Waals surface area contributed by atoms with Crippen LogP contribution in [0.25, 0.3) is 11.4 Å². The minimum absolute atomic E-state index is 0.167. The topological polar surface area (TPSA) is 98.7 Å². The Morgan fingerprint density at radius 1 is 0.806 bits per heavy atom. The van der Waals surface area contributed by atoms with Crippen molar-refractivity contribution < 1.29 is 36.2 Å². The van der Waals surface area contributed by atoms with Crippen molar-refractivity contribution in [3.8, 4) is 11.4 Å². The number of halogens is 6. The second kappa shape index (κ2) is 10.3. The third-order valence-electron chi connectivity index (χ3n) is 4.84. The number of rotatable bonds is 4. The second-order valence-electron chi connectivity index (χ2n) is 7.37. The SMILES string of the molecule is Cc1nn(-c2ccc(C(F)(F)F)nc2)cc1C=O.Cc1nn(-c2ccc(C(F)(F)F)nc2)cc1CO. The van der Waals surface area contributed by atoms with Gasteiger partial charge in [-0.3, -0.25) is 4.79 Å². The molecule has 0 bridgehead atoms. The zero-order valence-corrected chi connectivity index (χ0v) is 18.7. The number of aromatic nitrogens is 6. The molecule has 0 saturated heterocycles. The van der Waals surface area contributed by atoms with Crippen LogP contribution in [0.4, 0.5) is 26.3 Å². The van der Waals surface area contributed by atoms with Crippen molar-refractivity contribution in [2.75, 3.05) is 0 Å². The molecule has 36 heavy (non-hydrogen) atoms. The van der Waals surface area contributed by atoms with Crippen LogP contribution in [0.2, 0.25) is 0 Å². The highest BCUT2D eigenvalue weighted by molar-refractivity contribution is 5.76. The van der Waals surface area contributed by atoms with E-state index in [1.165, 1.54) is 27.7 Å². The van der Waals surface area contributed by atoms with Gasteiger partial charge in [0.2, 0.25) is 0 Å². The third-order valence-corrected chi connectivity index (χ3v) is 4.84. The van der Waals surface area contributed by atoms with Crippen molar-refractivity contribution in [1.82, 2.24) is 29.5 Å². The van der Waals surface area contributed by atoms with Crippen LogP contribution in [0.1, 0.15) is 38.7 Å². The summed E-state index contributed by atoms with van der Waals surface area (Å²) < 4.78 is 76.6. The van der Waals surface area contributed by atoms with Crippen molar-refractivity contribution in [3.63, 3.8) is 0 Å². The summed E-state index contributed by atoms with van der Waals surface area (Å²) in [4.78, 5) is 17.3. The van der Waals surface area contributed by atoms with E-state index in [4.69, 9.17) is 5.11 Å². The van der Waals surface area contributed by atoms with Crippen LogP contribution in [0.15, 0.2) is 49.1 Å². The van der Waals surface area contributed by atoms with Crippen LogP contribution < -0.4 is 0 Å². The van der Waals surface area contributed by atoms with Crippen LogP contribution in [0.3, 0.4) is 0 Å². The first-order chi connectivity index (χ1) is 16.8. The van der Waals surface area contributed by atoms with Gasteiger partial charge in [-0.2, -0.15) is 36.5 Å². The lowest BCUT2D eigenvalue weighted by atomic mass is 10.3. The smallest absolute Gasteiger partial charge is 0.392 e. The molecule has 0 aromatic carbocycles. The Hall–Kier alpha value is -4.07. The van der Waals surface area contributed by atoms with Crippen LogP contribution in [-0.2, 0) is 19.0 Å². The van der Waals surface area contributed by atoms with Gasteiger partial charge < -0.3 is 5.11 Å². The van der Waals surface area contributed by atoms with E-state index in [2.05, 4.69) is 20.2 Å². The number of alkyl halides is 6. The third kappa shape index (κ3) is 6.13. The number of hydrogen-bond acceptors (Lipinski definition) is 6. The Bertz CT molecular complexity index is 1330. The molecule has 1 N–H and O–H groups in total. The van der Waals surface area contributed by atoms with E-state index in [1.54, 1.807) is 20.0 Å². The largest absolute Gasteiger partial charge is 0.433 e. The number of pyridine rings is 2. The van der Waals surface area contributed by atoms with Gasteiger partial charge in [-0.1, -0.05) is 0 Å². The van der Waals surface area contributed by atoms with Crippen LogP contribution in [0, 0.1) is 13.8 Å². The molecule has 190 valence electrons. The quantitative estimate of drug-likeness (QED) is 0.320. The normalized spacial score (nSPS) is 11.7. The van der Waals surface area contributed by atoms with E-state index < -0.39 is 23.7 Å². The maximum absolute atomic E-state index is 12.3. The minimum atomic E-state index is -4.47. The highest BCUT2D eigenvalue weighted by Gasteiger charge is 2.32. The van der Waals surface area contributed by atoms with Crippen molar-refractivity contribution in [3.05, 3.63) is 83.0 Å². The summed E-state index contributed by atoms with van der Waals surface area (Å²) in [6.45, 7) is 3.18. The number of aryl methyl sites for hydroxylation is 2. The van der Waals surface area contributed by atoms with Crippen LogP contribution in [0.5, 0.6) is 0 Å². The standard InChI is InChI=1S/C11H10F3N3O.C11H8F3N3O/c2*1-7-8(6-18)5-17(16-7)9-2-3-10(15-4-9)11(12,13)14/h2-5,18H,6H2,1H3;2-6H,1H3. The van der Waals surface area contributed by atoms with E-state index in [1.807, 2.05) is 0 Å². The predicted molar refractivity (Wildman–Crippen MR) is 114 cm³/mol. The molecule has 0 radical (unpaired) electrons. The van der Waals surface area contributed by atoms with Gasteiger partial charge in [0.25, 0.3) is 0 Å². The Kier molecular flexibility index (Phi) is 7.57. The molecule has 14 heteroatoms. The summed E-state index contributed by atoms with van der Waals surface area (Å²) in [6, 6.07) is 4.29. The van der Waals surface area contributed by atoms with E-state index in [9.17, 15) is 31.1 Å². The first kappa shape index (κ1) is 26.5. The number of carbonyl (C=O) groups excluding carboxylic acids is 1. The molecular weight excluding hydrogens is 494 g/mol. The molecule has 0 aliphatic heterocycles. The predicted octanol–water partition coefficient (Wildman–Crippen LogP) is 4.49. The lowest BCUT2D eigenvalue weighted by molar-refractivity contribution is -0.141. The average Bonchev–Trinajstić information content (AvgIpc) is 3.40.